The van der Waals surface area contributed by atoms with Crippen LogP contribution >= 0.6 is 0 Å². The molecule has 2 N–H and O–H groups in total. The molecule has 0 unspecified atom stereocenters. The average Bonchev–Trinajstić information content (AvgIpc) is 3.22. The van der Waals surface area contributed by atoms with Gasteiger partial charge in [0.05, 0.1) is 10.9 Å². The molecule has 0 aromatic carbocycles. The van der Waals surface area contributed by atoms with E-state index >= 15 is 0 Å². The largest absolute Gasteiger partial charge is 0.442 e. The smallest absolute Gasteiger partial charge is 0.255 e. The minimum Gasteiger partial charge on any atom is -0.442 e. The first-order chi connectivity index (χ1) is 12.5. The lowest BCUT2D eigenvalue weighted by atomic mass is 10.1. The number of hydrogen-bond acceptors (Lipinski definition) is 7. The SMILES string of the molecule is Cc1ncncc1CNC(=O)c1c(C)oc2ncnc(NC3(C)CC3)c12. The summed E-state index contributed by atoms with van der Waals surface area (Å²) in [7, 11) is 0. The fourth-order valence-corrected chi connectivity index (χ4v) is 2.87. The molecule has 26 heavy (non-hydrogen) atoms. The van der Waals surface area contributed by atoms with Crippen molar-refractivity contribution in [1.29, 1.82) is 0 Å². The van der Waals surface area contributed by atoms with Crippen molar-refractivity contribution in [2.24, 2.45) is 0 Å². The minimum atomic E-state index is -0.233. The third-order valence-electron chi connectivity index (χ3n) is 4.76. The molecule has 0 radical (unpaired) electrons. The maximum atomic E-state index is 12.9. The van der Waals surface area contributed by atoms with Crippen LogP contribution in [-0.4, -0.2) is 31.4 Å². The Labute approximate surface area is 150 Å². The zero-order valence-corrected chi connectivity index (χ0v) is 15.0. The fraction of sp³-hybridized carbons (Fsp3) is 0.389. The number of carbonyl (C=O) groups excluding carboxylic acids is 1. The van der Waals surface area contributed by atoms with E-state index in [2.05, 4.69) is 37.5 Å². The maximum absolute atomic E-state index is 12.9. The van der Waals surface area contributed by atoms with E-state index in [0.29, 0.717) is 34.8 Å². The highest BCUT2D eigenvalue weighted by atomic mass is 16.3. The van der Waals surface area contributed by atoms with E-state index in [1.165, 1.54) is 12.7 Å². The van der Waals surface area contributed by atoms with E-state index < -0.39 is 0 Å². The Kier molecular flexibility index (Phi) is 3.82. The highest BCUT2D eigenvalue weighted by Gasteiger charge is 2.38. The molecule has 8 nitrogen and oxygen atoms in total. The standard InChI is InChI=1S/C18H20N6O2/c1-10-12(6-19-8-21-10)7-20-16(25)13-11(2)26-17-14(13)15(22-9-23-17)24-18(3)4-5-18/h6,8-9H,4-5,7H2,1-3H3,(H,20,25)(H,22,23,24). The summed E-state index contributed by atoms with van der Waals surface area (Å²) < 4.78 is 5.69. The number of aryl methyl sites for hydroxylation is 2. The van der Waals surface area contributed by atoms with Crippen molar-refractivity contribution in [3.8, 4) is 0 Å². The summed E-state index contributed by atoms with van der Waals surface area (Å²) in [5.41, 5.74) is 2.60. The third-order valence-corrected chi connectivity index (χ3v) is 4.76. The number of carbonyl (C=O) groups is 1. The molecule has 0 spiro atoms. The Balaban J connectivity index is 1.65. The summed E-state index contributed by atoms with van der Waals surface area (Å²) in [4.78, 5) is 29.5. The van der Waals surface area contributed by atoms with Gasteiger partial charge in [-0.3, -0.25) is 4.79 Å². The summed E-state index contributed by atoms with van der Waals surface area (Å²) in [6.45, 7) is 6.11. The molecule has 4 rings (SSSR count). The molecule has 0 bridgehead atoms. The lowest BCUT2D eigenvalue weighted by Crippen LogP contribution is -2.24. The van der Waals surface area contributed by atoms with Crippen LogP contribution in [0.5, 0.6) is 0 Å². The zero-order chi connectivity index (χ0) is 18.3. The van der Waals surface area contributed by atoms with Crippen LogP contribution in [0.4, 0.5) is 5.82 Å². The molecule has 1 aliphatic carbocycles. The molecule has 1 fully saturated rings. The molecule has 3 aromatic rings. The second-order valence-electron chi connectivity index (χ2n) is 6.94. The van der Waals surface area contributed by atoms with Gasteiger partial charge in [-0.2, -0.15) is 0 Å². The van der Waals surface area contributed by atoms with Gasteiger partial charge in [0.1, 0.15) is 24.2 Å². The van der Waals surface area contributed by atoms with Crippen LogP contribution in [0.15, 0.2) is 23.3 Å². The topological polar surface area (TPSA) is 106 Å². The van der Waals surface area contributed by atoms with Gasteiger partial charge in [-0.15, -0.1) is 0 Å². The maximum Gasteiger partial charge on any atom is 0.255 e. The van der Waals surface area contributed by atoms with Gasteiger partial charge < -0.3 is 15.1 Å². The van der Waals surface area contributed by atoms with E-state index in [-0.39, 0.29) is 11.4 Å². The van der Waals surface area contributed by atoms with E-state index in [0.717, 1.165) is 24.1 Å². The first-order valence-corrected chi connectivity index (χ1v) is 8.53. The van der Waals surface area contributed by atoms with Crippen molar-refractivity contribution in [2.45, 2.75) is 45.7 Å². The molecule has 134 valence electrons. The first kappa shape index (κ1) is 16.4. The zero-order valence-electron chi connectivity index (χ0n) is 15.0. The number of nitrogens with one attached hydrogen (secondary N) is 2. The number of hydrogen-bond donors (Lipinski definition) is 2. The molecule has 0 atom stereocenters. The van der Waals surface area contributed by atoms with Crippen LogP contribution in [0.3, 0.4) is 0 Å². The van der Waals surface area contributed by atoms with Crippen molar-refractivity contribution in [3.63, 3.8) is 0 Å². The van der Waals surface area contributed by atoms with Gasteiger partial charge in [0, 0.05) is 29.5 Å². The predicted molar refractivity (Wildman–Crippen MR) is 95.7 cm³/mol. The molecule has 1 saturated carbocycles. The van der Waals surface area contributed by atoms with Crippen molar-refractivity contribution in [2.75, 3.05) is 5.32 Å². The Morgan fingerprint density at radius 2 is 2.04 bits per heavy atom. The van der Waals surface area contributed by atoms with E-state index in [4.69, 9.17) is 4.42 Å². The number of rotatable bonds is 5. The Hall–Kier alpha value is -3.03. The highest BCUT2D eigenvalue weighted by molar-refractivity contribution is 6.10. The predicted octanol–water partition coefficient (Wildman–Crippen LogP) is 2.52. The van der Waals surface area contributed by atoms with Gasteiger partial charge in [0.25, 0.3) is 5.91 Å². The normalized spacial score (nSPS) is 15.0. The Bertz CT molecular complexity index is 993. The van der Waals surface area contributed by atoms with Crippen molar-refractivity contribution >= 4 is 22.8 Å². The second-order valence-corrected chi connectivity index (χ2v) is 6.94. The molecular weight excluding hydrogens is 332 g/mol. The molecule has 0 saturated heterocycles. The van der Waals surface area contributed by atoms with Crippen molar-refractivity contribution in [1.82, 2.24) is 25.3 Å². The van der Waals surface area contributed by atoms with Gasteiger partial charge in [0.15, 0.2) is 0 Å². The molecule has 1 amide bonds. The Morgan fingerprint density at radius 3 is 2.77 bits per heavy atom. The van der Waals surface area contributed by atoms with E-state index in [9.17, 15) is 4.79 Å². The number of furan rings is 1. The molecule has 0 aliphatic heterocycles. The van der Waals surface area contributed by atoms with Crippen LogP contribution < -0.4 is 10.6 Å². The quantitative estimate of drug-likeness (QED) is 0.727. The molecule has 8 heteroatoms. The van der Waals surface area contributed by atoms with Gasteiger partial charge in [-0.1, -0.05) is 0 Å². The van der Waals surface area contributed by atoms with Gasteiger partial charge >= 0.3 is 0 Å². The molecular formula is C18H20N6O2. The summed E-state index contributed by atoms with van der Waals surface area (Å²) in [6.07, 6.45) is 6.79. The van der Waals surface area contributed by atoms with E-state index in [1.54, 1.807) is 13.1 Å². The van der Waals surface area contributed by atoms with Gasteiger partial charge in [0.2, 0.25) is 5.71 Å². The summed E-state index contributed by atoms with van der Waals surface area (Å²) >= 11 is 0. The lowest BCUT2D eigenvalue weighted by molar-refractivity contribution is 0.0950. The van der Waals surface area contributed by atoms with Gasteiger partial charge in [-0.25, -0.2) is 19.9 Å². The number of aromatic nitrogens is 4. The minimum absolute atomic E-state index is 0.0265. The highest BCUT2D eigenvalue weighted by Crippen LogP contribution is 2.40. The lowest BCUT2D eigenvalue weighted by Gasteiger charge is -2.13. The van der Waals surface area contributed by atoms with Gasteiger partial charge in [-0.05, 0) is 33.6 Å². The average molecular weight is 352 g/mol. The molecule has 1 aliphatic rings. The monoisotopic (exact) mass is 352 g/mol. The summed E-state index contributed by atoms with van der Waals surface area (Å²) in [6, 6.07) is 0. The van der Waals surface area contributed by atoms with E-state index in [1.807, 2.05) is 6.92 Å². The van der Waals surface area contributed by atoms with Crippen molar-refractivity contribution in [3.05, 3.63) is 41.4 Å². The second kappa shape index (κ2) is 6.05. The van der Waals surface area contributed by atoms with Crippen LogP contribution in [-0.2, 0) is 6.54 Å². The number of fused-ring (bicyclic) bond motifs is 1. The third kappa shape index (κ3) is 2.98. The number of anilines is 1. The molecule has 3 heterocycles. The fourth-order valence-electron chi connectivity index (χ4n) is 2.87. The Morgan fingerprint density at radius 1 is 1.23 bits per heavy atom. The number of nitrogens with zero attached hydrogens (tertiary/aromatic N) is 4. The molecule has 3 aromatic heterocycles. The van der Waals surface area contributed by atoms with Crippen LogP contribution in [0.1, 0.15) is 47.1 Å². The van der Waals surface area contributed by atoms with Crippen LogP contribution in [0.2, 0.25) is 0 Å². The summed E-state index contributed by atoms with van der Waals surface area (Å²) in [5, 5.41) is 6.96. The van der Waals surface area contributed by atoms with Crippen LogP contribution in [0.25, 0.3) is 11.1 Å². The summed E-state index contributed by atoms with van der Waals surface area (Å²) in [5.74, 6) is 0.919. The van der Waals surface area contributed by atoms with Crippen molar-refractivity contribution < 1.29 is 9.21 Å². The number of amides is 1. The first-order valence-electron chi connectivity index (χ1n) is 8.53. The van der Waals surface area contributed by atoms with Crippen LogP contribution in [0, 0.1) is 13.8 Å².